The first-order valence-corrected chi connectivity index (χ1v) is 7.77. The Kier molecular flexibility index (Phi) is 5.34. The summed E-state index contributed by atoms with van der Waals surface area (Å²) >= 11 is 0. The quantitative estimate of drug-likeness (QED) is 0.761. The van der Waals surface area contributed by atoms with Gasteiger partial charge in [0.05, 0.1) is 5.69 Å². The summed E-state index contributed by atoms with van der Waals surface area (Å²) in [6, 6.07) is 5.02. The van der Waals surface area contributed by atoms with Gasteiger partial charge in [-0.2, -0.15) is 13.2 Å². The molecule has 136 valence electrons. The summed E-state index contributed by atoms with van der Waals surface area (Å²) < 4.78 is 37.7. The molecule has 6 nitrogen and oxygen atoms in total. The maximum atomic E-state index is 12.6. The second-order valence-corrected chi connectivity index (χ2v) is 5.47. The van der Waals surface area contributed by atoms with E-state index in [1.807, 2.05) is 18.7 Å². The van der Waals surface area contributed by atoms with Crippen molar-refractivity contribution in [3.8, 4) is 0 Å². The van der Waals surface area contributed by atoms with E-state index in [-0.39, 0.29) is 10.6 Å². The summed E-state index contributed by atoms with van der Waals surface area (Å²) in [7, 11) is 0. The number of carbonyl (C=O) groups is 3. The van der Waals surface area contributed by atoms with Crippen LogP contribution < -0.4 is 9.80 Å². The van der Waals surface area contributed by atoms with Crippen LogP contribution in [0.3, 0.4) is 0 Å². The normalized spacial score (nSPS) is 15.8. The molecule has 0 unspecified atom stereocenters. The van der Waals surface area contributed by atoms with Crippen molar-refractivity contribution in [2.24, 2.45) is 0 Å². The summed E-state index contributed by atoms with van der Waals surface area (Å²) in [6.07, 6.45) is -5.51. The number of carbonyl (C=O) groups excluding carboxylic acids is 3. The molecule has 0 spiro atoms. The van der Waals surface area contributed by atoms with Crippen LogP contribution in [0, 0.1) is 0 Å². The molecule has 0 atom stereocenters. The molecule has 1 aromatic carbocycles. The molecule has 1 fully saturated rings. The number of alkyl halides is 3. The third-order valence-electron chi connectivity index (χ3n) is 3.85. The van der Waals surface area contributed by atoms with Crippen molar-refractivity contribution in [3.63, 3.8) is 0 Å². The second kappa shape index (κ2) is 7.12. The second-order valence-electron chi connectivity index (χ2n) is 5.47. The lowest BCUT2D eigenvalue weighted by Gasteiger charge is -2.33. The molecular weight excluding hydrogens is 339 g/mol. The molecule has 0 saturated carbocycles. The lowest BCUT2D eigenvalue weighted by molar-refractivity contribution is -0.157. The number of benzene rings is 1. The highest BCUT2D eigenvalue weighted by Gasteiger charge is 2.44. The number of barbiturate groups is 1. The van der Waals surface area contributed by atoms with E-state index in [1.165, 1.54) is 12.1 Å². The number of halogens is 3. The first-order valence-electron chi connectivity index (χ1n) is 7.77. The van der Waals surface area contributed by atoms with Gasteiger partial charge in [-0.3, -0.25) is 14.5 Å². The molecule has 1 aliphatic rings. The average Bonchev–Trinajstić information content (AvgIpc) is 2.53. The molecule has 0 bridgehead atoms. The largest absolute Gasteiger partial charge is 0.406 e. The van der Waals surface area contributed by atoms with E-state index in [0.29, 0.717) is 4.90 Å². The number of anilines is 2. The minimum atomic E-state index is -4.73. The monoisotopic (exact) mass is 357 g/mol. The van der Waals surface area contributed by atoms with E-state index < -0.39 is 37.0 Å². The highest BCUT2D eigenvalue weighted by atomic mass is 19.4. The van der Waals surface area contributed by atoms with Crippen LogP contribution in [0.25, 0.3) is 0 Å². The van der Waals surface area contributed by atoms with Crippen LogP contribution in [0.5, 0.6) is 0 Å². The number of nitrogens with zero attached hydrogens (tertiary/aromatic N) is 3. The van der Waals surface area contributed by atoms with E-state index in [2.05, 4.69) is 0 Å². The molecule has 4 amide bonds. The van der Waals surface area contributed by atoms with Crippen LogP contribution >= 0.6 is 0 Å². The topological polar surface area (TPSA) is 60.9 Å². The Morgan fingerprint density at radius 1 is 1.00 bits per heavy atom. The van der Waals surface area contributed by atoms with Gasteiger partial charge in [0.15, 0.2) is 0 Å². The van der Waals surface area contributed by atoms with Gasteiger partial charge in [0, 0.05) is 18.8 Å². The molecule has 1 aliphatic heterocycles. The van der Waals surface area contributed by atoms with Crippen LogP contribution in [0.1, 0.15) is 20.3 Å². The number of amides is 4. The van der Waals surface area contributed by atoms with Crippen molar-refractivity contribution in [2.45, 2.75) is 26.4 Å². The van der Waals surface area contributed by atoms with Gasteiger partial charge in [0.1, 0.15) is 13.0 Å². The molecule has 1 saturated heterocycles. The van der Waals surface area contributed by atoms with Gasteiger partial charge in [-0.05, 0) is 38.1 Å². The van der Waals surface area contributed by atoms with Crippen molar-refractivity contribution in [2.75, 3.05) is 29.4 Å². The predicted molar refractivity (Wildman–Crippen MR) is 85.3 cm³/mol. The molecule has 2 rings (SSSR count). The first-order chi connectivity index (χ1) is 11.7. The maximum Gasteiger partial charge on any atom is 0.406 e. The molecular formula is C16H18F3N3O3. The van der Waals surface area contributed by atoms with Gasteiger partial charge >= 0.3 is 12.2 Å². The van der Waals surface area contributed by atoms with Gasteiger partial charge in [-0.15, -0.1) is 0 Å². The fraction of sp³-hybridized carbons (Fsp3) is 0.438. The average molecular weight is 357 g/mol. The molecule has 1 aromatic rings. The Labute approximate surface area is 142 Å². The number of hydrogen-bond donors (Lipinski definition) is 0. The molecule has 0 aromatic heterocycles. The Morgan fingerprint density at radius 3 is 2.04 bits per heavy atom. The molecule has 25 heavy (non-hydrogen) atoms. The van der Waals surface area contributed by atoms with E-state index in [0.717, 1.165) is 18.8 Å². The Morgan fingerprint density at radius 2 is 1.56 bits per heavy atom. The fourth-order valence-corrected chi connectivity index (χ4v) is 2.63. The lowest BCUT2D eigenvalue weighted by atomic mass is 10.2. The summed E-state index contributed by atoms with van der Waals surface area (Å²) in [4.78, 5) is 38.6. The smallest absolute Gasteiger partial charge is 0.372 e. The minimum absolute atomic E-state index is 0.0553. The molecule has 1 heterocycles. The lowest BCUT2D eigenvalue weighted by Crippen LogP contribution is -2.57. The number of hydrogen-bond acceptors (Lipinski definition) is 4. The molecule has 0 radical (unpaired) electrons. The van der Waals surface area contributed by atoms with Crippen molar-refractivity contribution >= 4 is 29.2 Å². The number of imide groups is 2. The van der Waals surface area contributed by atoms with E-state index in [1.54, 1.807) is 12.1 Å². The van der Waals surface area contributed by atoms with Gasteiger partial charge in [-0.25, -0.2) is 9.69 Å². The van der Waals surface area contributed by atoms with Crippen molar-refractivity contribution < 1.29 is 27.6 Å². The SMILES string of the molecule is CCN(CC)c1ccc(N2C(=O)CC(=O)N(CC(F)(F)F)C2=O)cc1. The van der Waals surface area contributed by atoms with Gasteiger partial charge in [-0.1, -0.05) is 0 Å². The van der Waals surface area contributed by atoms with Crippen LogP contribution in [-0.2, 0) is 9.59 Å². The summed E-state index contributed by atoms with van der Waals surface area (Å²) in [5, 5.41) is 0. The van der Waals surface area contributed by atoms with Crippen molar-refractivity contribution in [1.29, 1.82) is 0 Å². The van der Waals surface area contributed by atoms with Gasteiger partial charge in [0.2, 0.25) is 11.8 Å². The number of rotatable bonds is 5. The zero-order valence-electron chi connectivity index (χ0n) is 13.8. The minimum Gasteiger partial charge on any atom is -0.372 e. The van der Waals surface area contributed by atoms with Crippen LogP contribution in [0.4, 0.5) is 29.3 Å². The number of urea groups is 1. The van der Waals surface area contributed by atoms with E-state index in [4.69, 9.17) is 0 Å². The summed E-state index contributed by atoms with van der Waals surface area (Å²) in [6.45, 7) is 3.73. The Bertz CT molecular complexity index is 669. The van der Waals surface area contributed by atoms with Crippen molar-refractivity contribution in [1.82, 2.24) is 4.90 Å². The fourth-order valence-electron chi connectivity index (χ4n) is 2.63. The van der Waals surface area contributed by atoms with E-state index >= 15 is 0 Å². The molecule has 9 heteroatoms. The van der Waals surface area contributed by atoms with Crippen LogP contribution in [0.15, 0.2) is 24.3 Å². The van der Waals surface area contributed by atoms with E-state index in [9.17, 15) is 27.6 Å². The highest BCUT2D eigenvalue weighted by Crippen LogP contribution is 2.27. The molecule has 0 N–H and O–H groups in total. The predicted octanol–water partition coefficient (Wildman–Crippen LogP) is 2.78. The Balaban J connectivity index is 2.29. The first kappa shape index (κ1) is 18.8. The Hall–Kier alpha value is -2.58. The summed E-state index contributed by atoms with van der Waals surface area (Å²) in [5.41, 5.74) is 0.986. The van der Waals surface area contributed by atoms with Crippen LogP contribution in [0.2, 0.25) is 0 Å². The highest BCUT2D eigenvalue weighted by molar-refractivity contribution is 6.26. The van der Waals surface area contributed by atoms with Gasteiger partial charge in [0.25, 0.3) is 0 Å². The van der Waals surface area contributed by atoms with Crippen LogP contribution in [-0.4, -0.2) is 48.6 Å². The standard InChI is InChI=1S/C16H18F3N3O3/c1-3-20(4-2)11-5-7-12(8-6-11)22-14(24)9-13(23)21(15(22)25)10-16(17,18)19/h5-8H,3-4,9-10H2,1-2H3. The maximum absolute atomic E-state index is 12.6. The zero-order valence-corrected chi connectivity index (χ0v) is 13.8. The molecule has 0 aliphatic carbocycles. The zero-order chi connectivity index (χ0) is 18.8. The summed E-state index contributed by atoms with van der Waals surface area (Å²) in [5.74, 6) is -1.99. The third-order valence-corrected chi connectivity index (χ3v) is 3.85. The van der Waals surface area contributed by atoms with Gasteiger partial charge < -0.3 is 4.90 Å². The third kappa shape index (κ3) is 4.09. The van der Waals surface area contributed by atoms with Crippen molar-refractivity contribution in [3.05, 3.63) is 24.3 Å².